The number of thioether (sulfide) groups is 1. The van der Waals surface area contributed by atoms with Crippen molar-refractivity contribution in [2.75, 3.05) is 11.9 Å². The van der Waals surface area contributed by atoms with Crippen LogP contribution in [0.1, 0.15) is 20.8 Å². The van der Waals surface area contributed by atoms with Crippen molar-refractivity contribution >= 4 is 50.6 Å². The van der Waals surface area contributed by atoms with Crippen LogP contribution >= 0.6 is 23.1 Å². The summed E-state index contributed by atoms with van der Waals surface area (Å²) < 4.78 is 23.4. The van der Waals surface area contributed by atoms with Gasteiger partial charge >= 0.3 is 0 Å². The van der Waals surface area contributed by atoms with E-state index in [0.717, 1.165) is 11.3 Å². The number of hydrogen-bond donors (Lipinski definition) is 2. The van der Waals surface area contributed by atoms with Gasteiger partial charge in [-0.15, -0.1) is 11.3 Å². The predicted octanol–water partition coefficient (Wildman–Crippen LogP) is 1.27. The first-order valence-corrected chi connectivity index (χ1v) is 9.75. The number of amides is 2. The molecule has 0 aliphatic carbocycles. The molecule has 7 nitrogen and oxygen atoms in total. The van der Waals surface area contributed by atoms with Crippen LogP contribution in [0.5, 0.6) is 0 Å². The van der Waals surface area contributed by atoms with Crippen molar-refractivity contribution in [1.29, 1.82) is 0 Å². The Bertz CT molecular complexity index is 711. The second-order valence-corrected chi connectivity index (χ2v) is 9.53. The molecule has 0 saturated heterocycles. The molecule has 0 bridgehead atoms. The van der Waals surface area contributed by atoms with E-state index in [1.54, 1.807) is 0 Å². The first-order chi connectivity index (χ1) is 10.1. The SMILES string of the molecule is CC(=O)N(CC(C)C)C1Sc2sc(S(N)(=O)=O)cc2NC1=O. The summed E-state index contributed by atoms with van der Waals surface area (Å²) in [6, 6.07) is 1.34. The van der Waals surface area contributed by atoms with E-state index in [-0.39, 0.29) is 21.9 Å². The lowest BCUT2D eigenvalue weighted by molar-refractivity contribution is -0.134. The summed E-state index contributed by atoms with van der Waals surface area (Å²) in [7, 11) is -3.81. The highest BCUT2D eigenvalue weighted by Crippen LogP contribution is 2.44. The van der Waals surface area contributed by atoms with Crippen LogP contribution < -0.4 is 10.5 Å². The van der Waals surface area contributed by atoms with Crippen LogP contribution in [0, 0.1) is 5.92 Å². The Balaban J connectivity index is 2.33. The Hall–Kier alpha value is -1.10. The van der Waals surface area contributed by atoms with Crippen molar-refractivity contribution in [2.45, 2.75) is 34.6 Å². The fourth-order valence-electron chi connectivity index (χ4n) is 2.00. The molecule has 0 radical (unpaired) electrons. The quantitative estimate of drug-likeness (QED) is 0.837. The molecule has 1 aliphatic heterocycles. The molecule has 122 valence electrons. The number of sulfonamides is 1. The molecule has 22 heavy (non-hydrogen) atoms. The number of nitrogens with two attached hydrogens (primary N) is 1. The average Bonchev–Trinajstić information content (AvgIpc) is 2.77. The number of nitrogens with zero attached hydrogens (tertiary/aromatic N) is 1. The summed E-state index contributed by atoms with van der Waals surface area (Å²) in [4.78, 5) is 25.6. The van der Waals surface area contributed by atoms with Crippen LogP contribution in [-0.4, -0.2) is 37.1 Å². The van der Waals surface area contributed by atoms with Gasteiger partial charge in [0.05, 0.1) is 9.90 Å². The lowest BCUT2D eigenvalue weighted by Gasteiger charge is -2.32. The van der Waals surface area contributed by atoms with Gasteiger partial charge in [0.15, 0.2) is 5.37 Å². The minimum Gasteiger partial charge on any atom is -0.322 e. The van der Waals surface area contributed by atoms with Gasteiger partial charge in [-0.2, -0.15) is 0 Å². The zero-order valence-electron chi connectivity index (χ0n) is 12.3. The van der Waals surface area contributed by atoms with Gasteiger partial charge in [0.2, 0.25) is 15.9 Å². The molecular formula is C12H17N3O4S3. The molecule has 1 unspecified atom stereocenters. The number of rotatable bonds is 4. The molecule has 0 spiro atoms. The van der Waals surface area contributed by atoms with Gasteiger partial charge in [-0.3, -0.25) is 9.59 Å². The minimum atomic E-state index is -3.81. The van der Waals surface area contributed by atoms with Crippen molar-refractivity contribution < 1.29 is 18.0 Å². The monoisotopic (exact) mass is 363 g/mol. The number of carbonyl (C=O) groups excluding carboxylic acids is 2. The number of hydrogen-bond acceptors (Lipinski definition) is 6. The van der Waals surface area contributed by atoms with E-state index in [9.17, 15) is 18.0 Å². The van der Waals surface area contributed by atoms with E-state index in [1.165, 1.54) is 29.7 Å². The maximum absolute atomic E-state index is 12.2. The van der Waals surface area contributed by atoms with E-state index < -0.39 is 15.4 Å². The zero-order chi connectivity index (χ0) is 16.7. The fraction of sp³-hybridized carbons (Fsp3) is 0.500. The predicted molar refractivity (Wildman–Crippen MR) is 86.2 cm³/mol. The molecule has 10 heteroatoms. The Labute approximate surface area is 137 Å². The highest BCUT2D eigenvalue weighted by atomic mass is 32.3. The Morgan fingerprint density at radius 1 is 1.50 bits per heavy atom. The first kappa shape index (κ1) is 17.3. The highest BCUT2D eigenvalue weighted by molar-refractivity contribution is 8.03. The third kappa shape index (κ3) is 3.62. The molecule has 2 amide bonds. The summed E-state index contributed by atoms with van der Waals surface area (Å²) in [5.41, 5.74) is 0.424. The van der Waals surface area contributed by atoms with E-state index in [4.69, 9.17) is 5.14 Å². The second-order valence-electron chi connectivity index (χ2n) is 5.34. The molecule has 3 N–H and O–H groups in total. The van der Waals surface area contributed by atoms with E-state index in [2.05, 4.69) is 5.32 Å². The van der Waals surface area contributed by atoms with Gasteiger partial charge in [0.1, 0.15) is 4.21 Å². The van der Waals surface area contributed by atoms with Crippen molar-refractivity contribution in [1.82, 2.24) is 4.90 Å². The number of fused-ring (bicyclic) bond motifs is 1. The molecule has 0 fully saturated rings. The molecule has 1 aliphatic rings. The summed E-state index contributed by atoms with van der Waals surface area (Å²) >= 11 is 2.17. The molecule has 0 saturated carbocycles. The highest BCUT2D eigenvalue weighted by Gasteiger charge is 2.35. The van der Waals surface area contributed by atoms with Crippen molar-refractivity contribution in [3.05, 3.63) is 6.07 Å². The number of primary sulfonamides is 1. The number of carbonyl (C=O) groups is 2. The molecule has 1 aromatic heterocycles. The molecule has 2 heterocycles. The van der Waals surface area contributed by atoms with E-state index >= 15 is 0 Å². The van der Waals surface area contributed by atoms with Crippen LogP contribution in [-0.2, 0) is 19.6 Å². The largest absolute Gasteiger partial charge is 0.322 e. The van der Waals surface area contributed by atoms with Crippen LogP contribution in [0.15, 0.2) is 14.5 Å². The zero-order valence-corrected chi connectivity index (χ0v) is 14.8. The van der Waals surface area contributed by atoms with Gasteiger partial charge in [-0.05, 0) is 12.0 Å². The first-order valence-electron chi connectivity index (χ1n) is 6.51. The molecule has 2 rings (SSSR count). The third-order valence-electron chi connectivity index (χ3n) is 2.91. The van der Waals surface area contributed by atoms with E-state index in [1.807, 2.05) is 13.8 Å². The van der Waals surface area contributed by atoms with Crippen molar-refractivity contribution in [3.8, 4) is 0 Å². The summed E-state index contributed by atoms with van der Waals surface area (Å²) in [5, 5.41) is 7.05. The average molecular weight is 363 g/mol. The number of nitrogens with one attached hydrogen (secondary N) is 1. The van der Waals surface area contributed by atoms with Gasteiger partial charge in [-0.1, -0.05) is 25.6 Å². The summed E-state index contributed by atoms with van der Waals surface area (Å²) in [6.07, 6.45) is 0. The normalized spacial score (nSPS) is 18.0. The number of anilines is 1. The molecular weight excluding hydrogens is 346 g/mol. The molecule has 1 aromatic rings. The maximum atomic E-state index is 12.2. The van der Waals surface area contributed by atoms with Gasteiger partial charge in [0.25, 0.3) is 5.91 Å². The lowest BCUT2D eigenvalue weighted by atomic mass is 10.2. The lowest BCUT2D eigenvalue weighted by Crippen LogP contribution is -2.47. The standard InChI is InChI=1S/C12H17N3O4S3/c1-6(2)5-15(7(3)16)11-10(17)14-8-4-9(22(13,18)19)20-12(8)21-11/h4,6,11H,5H2,1-3H3,(H,14,17)(H2,13,18,19). The Morgan fingerprint density at radius 2 is 2.14 bits per heavy atom. The third-order valence-corrected chi connectivity index (χ3v) is 6.92. The molecule has 1 atom stereocenters. The fourth-order valence-corrected chi connectivity index (χ4v) is 5.44. The van der Waals surface area contributed by atoms with E-state index in [0.29, 0.717) is 16.4 Å². The van der Waals surface area contributed by atoms with Gasteiger partial charge < -0.3 is 10.2 Å². The smallest absolute Gasteiger partial charge is 0.258 e. The molecule has 0 aromatic carbocycles. The van der Waals surface area contributed by atoms with Crippen LogP contribution in [0.2, 0.25) is 0 Å². The van der Waals surface area contributed by atoms with Crippen molar-refractivity contribution in [2.24, 2.45) is 11.1 Å². The van der Waals surface area contributed by atoms with Crippen LogP contribution in [0.25, 0.3) is 0 Å². The second kappa shape index (κ2) is 6.19. The van der Waals surface area contributed by atoms with Crippen molar-refractivity contribution in [3.63, 3.8) is 0 Å². The minimum absolute atomic E-state index is 0.0100. The van der Waals surface area contributed by atoms with Gasteiger partial charge in [0, 0.05) is 13.5 Å². The topological polar surface area (TPSA) is 110 Å². The number of thiophene rings is 1. The summed E-state index contributed by atoms with van der Waals surface area (Å²) in [6.45, 7) is 5.77. The Morgan fingerprint density at radius 3 is 2.64 bits per heavy atom. The van der Waals surface area contributed by atoms with Crippen LogP contribution in [0.3, 0.4) is 0 Å². The van der Waals surface area contributed by atoms with Gasteiger partial charge in [-0.25, -0.2) is 13.6 Å². The summed E-state index contributed by atoms with van der Waals surface area (Å²) in [5.74, 6) is -0.331. The maximum Gasteiger partial charge on any atom is 0.258 e. The Kier molecular flexibility index (Phi) is 4.85. The van der Waals surface area contributed by atoms with Crippen LogP contribution in [0.4, 0.5) is 5.69 Å².